The third-order valence-corrected chi connectivity index (χ3v) is 20.1. The maximum Gasteiger partial charge on any atom is 0.472 e. The van der Waals surface area contributed by atoms with Crippen molar-refractivity contribution in [1.29, 1.82) is 0 Å². The van der Waals surface area contributed by atoms with Crippen LogP contribution in [-0.4, -0.2) is 96.7 Å². The predicted octanol–water partition coefficient (Wildman–Crippen LogP) is 23.7. The van der Waals surface area contributed by atoms with Gasteiger partial charge in [0.25, 0.3) is 0 Å². The van der Waals surface area contributed by atoms with Gasteiger partial charge in [0.2, 0.25) is 0 Å². The zero-order valence-corrected chi connectivity index (χ0v) is 65.7. The summed E-state index contributed by atoms with van der Waals surface area (Å²) in [6.45, 7) is 4.96. The Kier molecular flexibility index (Phi) is 72.0. The van der Waals surface area contributed by atoms with E-state index in [4.69, 9.17) is 37.0 Å². The highest BCUT2D eigenvalue weighted by Crippen LogP contribution is 2.45. The Labute approximate surface area is 605 Å². The van der Waals surface area contributed by atoms with Gasteiger partial charge < -0.3 is 33.8 Å². The van der Waals surface area contributed by atoms with Crippen molar-refractivity contribution in [2.75, 3.05) is 39.6 Å². The lowest BCUT2D eigenvalue weighted by atomic mass is 10.0. The standard InChI is InChI=1S/C80H152O17P2/c1-5-9-13-17-21-25-29-33-36-39-41-45-49-53-57-61-65-78(83)91-71-76(97-80(85)67-63-59-55-51-47-43-40-37-34-30-26-22-18-14-10-6-2)73-95-99(88,89)93-69-74(81)68-92-98(86,87)94-72-75(70-90-77(82)64-60-56-52-48-44-32-28-24-20-16-12-8-4)96-79(84)66-62-58-54-50-46-42-38-35-31-27-23-19-15-11-7-3/h27,31,35,38,74-76,81H,5-26,28-30,32-34,36-37,39-73H2,1-4H3,(H,86,87)(H,88,89)/b31-27-,38-35-/t74-,75+,76+/m0/s1. The Bertz CT molecular complexity index is 1970. The fourth-order valence-electron chi connectivity index (χ4n) is 11.9. The average Bonchev–Trinajstić information content (AvgIpc) is 1.01. The second kappa shape index (κ2) is 73.8. The summed E-state index contributed by atoms with van der Waals surface area (Å²) in [4.78, 5) is 73.0. The van der Waals surface area contributed by atoms with E-state index >= 15 is 0 Å². The van der Waals surface area contributed by atoms with Gasteiger partial charge in [0.1, 0.15) is 19.3 Å². The third kappa shape index (κ3) is 73.6. The van der Waals surface area contributed by atoms with E-state index in [1.54, 1.807) is 0 Å². The molecule has 17 nitrogen and oxygen atoms in total. The fraction of sp³-hybridized carbons (Fsp3) is 0.900. The van der Waals surface area contributed by atoms with Gasteiger partial charge in [0, 0.05) is 25.7 Å². The Morgan fingerprint density at radius 1 is 0.283 bits per heavy atom. The zero-order valence-electron chi connectivity index (χ0n) is 64.0. The van der Waals surface area contributed by atoms with Crippen molar-refractivity contribution in [3.8, 4) is 0 Å². The summed E-state index contributed by atoms with van der Waals surface area (Å²) in [6, 6.07) is 0. The van der Waals surface area contributed by atoms with Crippen molar-refractivity contribution >= 4 is 39.5 Å². The summed E-state index contributed by atoms with van der Waals surface area (Å²) in [6.07, 6.45) is 68.6. The van der Waals surface area contributed by atoms with Gasteiger partial charge in [-0.3, -0.25) is 37.3 Å². The van der Waals surface area contributed by atoms with E-state index < -0.39 is 97.5 Å². The van der Waals surface area contributed by atoms with Gasteiger partial charge in [0.05, 0.1) is 26.4 Å². The van der Waals surface area contributed by atoms with Crippen LogP contribution in [0.5, 0.6) is 0 Å². The van der Waals surface area contributed by atoms with Crippen LogP contribution < -0.4 is 0 Å². The van der Waals surface area contributed by atoms with Crippen LogP contribution in [0.3, 0.4) is 0 Å². The zero-order chi connectivity index (χ0) is 72.5. The molecule has 0 radical (unpaired) electrons. The number of hydrogen-bond donors (Lipinski definition) is 3. The van der Waals surface area contributed by atoms with Gasteiger partial charge in [-0.05, 0) is 51.4 Å². The van der Waals surface area contributed by atoms with Crippen LogP contribution in [0.25, 0.3) is 0 Å². The molecule has 584 valence electrons. The number of ether oxygens (including phenoxy) is 4. The summed E-state index contributed by atoms with van der Waals surface area (Å²) in [5, 5.41) is 10.6. The maximum absolute atomic E-state index is 13.1. The number of aliphatic hydroxyl groups is 1. The molecular formula is C80H152O17P2. The molecule has 3 N–H and O–H groups in total. The van der Waals surface area contributed by atoms with E-state index in [1.165, 1.54) is 225 Å². The SMILES string of the molecule is CCCCCC/C=C\C=C/CCCCCCCC(=O)O[C@H](COC(=O)CCCCCCCCCCCCCC)COP(=O)(O)OC[C@H](O)COP(=O)(O)OC[C@@H](COC(=O)CCCCCCCCCCCCCCCCCC)OC(=O)CCCCCCCCCCCCCCCCCC. The van der Waals surface area contributed by atoms with Crippen molar-refractivity contribution in [3.05, 3.63) is 24.3 Å². The van der Waals surface area contributed by atoms with Crippen molar-refractivity contribution in [2.45, 2.75) is 425 Å². The molecule has 0 aliphatic rings. The van der Waals surface area contributed by atoms with E-state index in [0.29, 0.717) is 25.7 Å². The topological polar surface area (TPSA) is 237 Å². The number of carbonyl (C=O) groups is 4. The largest absolute Gasteiger partial charge is 0.472 e. The third-order valence-electron chi connectivity index (χ3n) is 18.2. The van der Waals surface area contributed by atoms with Gasteiger partial charge in [-0.25, -0.2) is 9.13 Å². The Morgan fingerprint density at radius 2 is 0.485 bits per heavy atom. The van der Waals surface area contributed by atoms with Crippen molar-refractivity contribution in [1.82, 2.24) is 0 Å². The van der Waals surface area contributed by atoms with Crippen LogP contribution in [0.1, 0.15) is 407 Å². The van der Waals surface area contributed by atoms with E-state index in [1.807, 2.05) is 0 Å². The molecule has 0 saturated heterocycles. The molecule has 0 saturated carbocycles. The Morgan fingerprint density at radius 3 is 0.737 bits per heavy atom. The predicted molar refractivity (Wildman–Crippen MR) is 405 cm³/mol. The summed E-state index contributed by atoms with van der Waals surface area (Å²) >= 11 is 0. The fourth-order valence-corrected chi connectivity index (χ4v) is 13.5. The van der Waals surface area contributed by atoms with Crippen LogP contribution in [0, 0.1) is 0 Å². The number of carbonyl (C=O) groups excluding carboxylic acids is 4. The summed E-state index contributed by atoms with van der Waals surface area (Å²) in [5.41, 5.74) is 0. The second-order valence-corrected chi connectivity index (χ2v) is 31.0. The first-order valence-electron chi connectivity index (χ1n) is 41.1. The monoisotopic (exact) mass is 1450 g/mol. The average molecular weight is 1450 g/mol. The molecule has 19 heteroatoms. The molecule has 5 atom stereocenters. The molecule has 2 unspecified atom stereocenters. The Hall–Kier alpha value is -2.46. The number of allylic oxidation sites excluding steroid dienone is 4. The van der Waals surface area contributed by atoms with E-state index in [0.717, 1.165) is 103 Å². The van der Waals surface area contributed by atoms with Gasteiger partial charge in [-0.15, -0.1) is 0 Å². The normalized spacial score (nSPS) is 14.0. The number of hydrogen-bond acceptors (Lipinski definition) is 15. The van der Waals surface area contributed by atoms with E-state index in [9.17, 15) is 43.2 Å². The molecule has 0 aromatic rings. The highest BCUT2D eigenvalue weighted by Gasteiger charge is 2.30. The minimum absolute atomic E-state index is 0.0860. The van der Waals surface area contributed by atoms with E-state index in [2.05, 4.69) is 52.0 Å². The highest BCUT2D eigenvalue weighted by atomic mass is 31.2. The number of phosphoric acid groups is 2. The minimum atomic E-state index is -4.97. The van der Waals surface area contributed by atoms with Crippen molar-refractivity contribution in [3.63, 3.8) is 0 Å². The van der Waals surface area contributed by atoms with Gasteiger partial charge in [0.15, 0.2) is 12.2 Å². The van der Waals surface area contributed by atoms with Crippen molar-refractivity contribution < 1.29 is 80.2 Å². The molecule has 0 aliphatic carbocycles. The second-order valence-electron chi connectivity index (χ2n) is 28.1. The molecule has 99 heavy (non-hydrogen) atoms. The smallest absolute Gasteiger partial charge is 0.462 e. The summed E-state index contributed by atoms with van der Waals surface area (Å²) < 4.78 is 68.7. The molecular weight excluding hydrogens is 1290 g/mol. The molecule has 0 bridgehead atoms. The van der Waals surface area contributed by atoms with Gasteiger partial charge in [-0.1, -0.05) is 354 Å². The molecule has 0 amide bonds. The number of aliphatic hydroxyl groups excluding tert-OH is 1. The van der Waals surface area contributed by atoms with Crippen LogP contribution in [0.2, 0.25) is 0 Å². The van der Waals surface area contributed by atoms with E-state index in [-0.39, 0.29) is 25.7 Å². The van der Waals surface area contributed by atoms with Crippen LogP contribution >= 0.6 is 15.6 Å². The quantitative estimate of drug-likeness (QED) is 0.0169. The number of phosphoric ester groups is 2. The maximum atomic E-state index is 13.1. The first-order chi connectivity index (χ1) is 48.2. The first-order valence-corrected chi connectivity index (χ1v) is 44.1. The number of unbranched alkanes of at least 4 members (excludes halogenated alkanes) is 50. The van der Waals surface area contributed by atoms with Crippen molar-refractivity contribution in [2.24, 2.45) is 0 Å². The van der Waals surface area contributed by atoms with Crippen LogP contribution in [0.4, 0.5) is 0 Å². The molecule has 0 aromatic heterocycles. The number of rotatable bonds is 79. The molecule has 0 aliphatic heterocycles. The lowest BCUT2D eigenvalue weighted by molar-refractivity contribution is -0.161. The molecule has 0 heterocycles. The lowest BCUT2D eigenvalue weighted by Gasteiger charge is -2.21. The number of esters is 4. The lowest BCUT2D eigenvalue weighted by Crippen LogP contribution is -2.30. The first kappa shape index (κ1) is 96.5. The Balaban J connectivity index is 5.29. The molecule has 0 aromatic carbocycles. The van der Waals surface area contributed by atoms with Gasteiger partial charge >= 0.3 is 39.5 Å². The highest BCUT2D eigenvalue weighted by molar-refractivity contribution is 7.47. The summed E-state index contributed by atoms with van der Waals surface area (Å²) in [5.74, 6) is -2.13. The van der Waals surface area contributed by atoms with Crippen LogP contribution in [-0.2, 0) is 65.4 Å². The van der Waals surface area contributed by atoms with Crippen LogP contribution in [0.15, 0.2) is 24.3 Å². The molecule has 0 fully saturated rings. The minimum Gasteiger partial charge on any atom is -0.462 e. The van der Waals surface area contributed by atoms with Gasteiger partial charge in [-0.2, -0.15) is 0 Å². The summed E-state index contributed by atoms with van der Waals surface area (Å²) in [7, 11) is -9.93. The molecule has 0 spiro atoms. The molecule has 0 rings (SSSR count).